The largest absolute Gasteiger partial charge is 0.497 e. The van der Waals surface area contributed by atoms with Crippen molar-refractivity contribution in [1.29, 1.82) is 0 Å². The highest BCUT2D eigenvalue weighted by Gasteiger charge is 2.14. The number of hydrogen-bond donors (Lipinski definition) is 0. The molecule has 0 N–H and O–H groups in total. The lowest BCUT2D eigenvalue weighted by Crippen LogP contribution is -1.97. The lowest BCUT2D eigenvalue weighted by atomic mass is 10.1. The number of nitrogens with zero attached hydrogens (tertiary/aromatic N) is 3. The third kappa shape index (κ3) is 2.04. The quantitative estimate of drug-likeness (QED) is 0.762. The highest BCUT2D eigenvalue weighted by molar-refractivity contribution is 5.83. The summed E-state index contributed by atoms with van der Waals surface area (Å²) in [6.45, 7) is 0. The number of ether oxygens (including phenoxy) is 2. The first-order valence-electron chi connectivity index (χ1n) is 5.28. The second kappa shape index (κ2) is 4.87. The number of benzene rings is 1. The van der Waals surface area contributed by atoms with Gasteiger partial charge < -0.3 is 9.47 Å². The Bertz CT molecular complexity index is 556. The Hall–Kier alpha value is -2.37. The molecular formula is C12H13N3O3. The first-order valence-corrected chi connectivity index (χ1v) is 5.28. The minimum absolute atomic E-state index is 0.285. The van der Waals surface area contributed by atoms with E-state index in [1.807, 2.05) is 0 Å². The molecule has 1 aromatic carbocycles. The molecule has 0 saturated heterocycles. The van der Waals surface area contributed by atoms with Gasteiger partial charge in [-0.05, 0) is 12.1 Å². The number of hydrogen-bond acceptors (Lipinski definition) is 5. The van der Waals surface area contributed by atoms with Gasteiger partial charge in [0.15, 0.2) is 12.0 Å². The number of aldehydes is 1. The fourth-order valence-electron chi connectivity index (χ4n) is 1.73. The first kappa shape index (κ1) is 12.1. The van der Waals surface area contributed by atoms with Crippen LogP contribution in [-0.2, 0) is 7.05 Å². The molecule has 1 aromatic heterocycles. The molecule has 0 saturated carbocycles. The van der Waals surface area contributed by atoms with Crippen molar-refractivity contribution in [2.24, 2.45) is 7.05 Å². The molecule has 0 fully saturated rings. The highest BCUT2D eigenvalue weighted by Crippen LogP contribution is 2.30. The van der Waals surface area contributed by atoms with Crippen molar-refractivity contribution in [2.75, 3.05) is 14.2 Å². The van der Waals surface area contributed by atoms with Crippen molar-refractivity contribution in [1.82, 2.24) is 15.0 Å². The molecule has 1 heterocycles. The number of aryl methyl sites for hydroxylation is 1. The third-order valence-corrected chi connectivity index (χ3v) is 2.59. The number of carbonyl (C=O) groups is 1. The minimum atomic E-state index is 0.285. The van der Waals surface area contributed by atoms with E-state index in [1.165, 1.54) is 4.68 Å². The van der Waals surface area contributed by atoms with Gasteiger partial charge in [0.25, 0.3) is 0 Å². The van der Waals surface area contributed by atoms with E-state index >= 15 is 0 Å². The maximum absolute atomic E-state index is 10.9. The van der Waals surface area contributed by atoms with Crippen LogP contribution in [0.15, 0.2) is 18.2 Å². The molecule has 18 heavy (non-hydrogen) atoms. The zero-order chi connectivity index (χ0) is 13.1. The highest BCUT2D eigenvalue weighted by atomic mass is 16.5. The molecule has 0 atom stereocenters. The Morgan fingerprint density at radius 1 is 1.17 bits per heavy atom. The van der Waals surface area contributed by atoms with Gasteiger partial charge in [-0.3, -0.25) is 4.79 Å². The molecule has 0 aliphatic carbocycles. The average Bonchev–Trinajstić information content (AvgIpc) is 2.79. The fraction of sp³-hybridized carbons (Fsp3) is 0.250. The summed E-state index contributed by atoms with van der Waals surface area (Å²) in [6, 6.07) is 5.36. The van der Waals surface area contributed by atoms with Crippen LogP contribution in [0.3, 0.4) is 0 Å². The summed E-state index contributed by atoms with van der Waals surface area (Å²) in [6.07, 6.45) is 0.675. The Kier molecular flexibility index (Phi) is 3.27. The van der Waals surface area contributed by atoms with Crippen LogP contribution in [0.1, 0.15) is 10.5 Å². The Morgan fingerprint density at radius 3 is 2.28 bits per heavy atom. The van der Waals surface area contributed by atoms with Crippen molar-refractivity contribution in [3.05, 3.63) is 23.9 Å². The summed E-state index contributed by atoms with van der Waals surface area (Å²) in [4.78, 5) is 10.9. The summed E-state index contributed by atoms with van der Waals surface area (Å²) in [5.41, 5.74) is 1.68. The summed E-state index contributed by atoms with van der Waals surface area (Å²) < 4.78 is 11.9. The Labute approximate surface area is 104 Å². The molecule has 0 aliphatic heterocycles. The van der Waals surface area contributed by atoms with Crippen LogP contribution in [0, 0.1) is 0 Å². The van der Waals surface area contributed by atoms with Gasteiger partial charge in [0.05, 0.1) is 19.9 Å². The summed E-state index contributed by atoms with van der Waals surface area (Å²) in [7, 11) is 4.86. The minimum Gasteiger partial charge on any atom is -0.497 e. The molecule has 2 aromatic rings. The van der Waals surface area contributed by atoms with Crippen molar-refractivity contribution in [2.45, 2.75) is 0 Å². The van der Waals surface area contributed by atoms with Gasteiger partial charge in [-0.2, -0.15) is 0 Å². The average molecular weight is 247 g/mol. The lowest BCUT2D eigenvalue weighted by molar-refractivity contribution is 0.111. The van der Waals surface area contributed by atoms with E-state index in [0.717, 1.165) is 5.56 Å². The van der Waals surface area contributed by atoms with Crippen molar-refractivity contribution in [3.8, 4) is 22.8 Å². The molecule has 6 nitrogen and oxygen atoms in total. The second-order valence-electron chi connectivity index (χ2n) is 3.67. The molecule has 6 heteroatoms. The van der Waals surface area contributed by atoms with Crippen molar-refractivity contribution >= 4 is 6.29 Å². The normalized spacial score (nSPS) is 10.2. The van der Waals surface area contributed by atoms with Crippen molar-refractivity contribution < 1.29 is 14.3 Å². The molecule has 0 spiro atoms. The predicted molar refractivity (Wildman–Crippen MR) is 64.9 cm³/mol. The van der Waals surface area contributed by atoms with Crippen LogP contribution >= 0.6 is 0 Å². The smallest absolute Gasteiger partial charge is 0.172 e. The van der Waals surface area contributed by atoms with E-state index in [-0.39, 0.29) is 5.69 Å². The van der Waals surface area contributed by atoms with E-state index in [2.05, 4.69) is 10.3 Å². The Balaban J connectivity index is 2.62. The third-order valence-electron chi connectivity index (χ3n) is 2.59. The van der Waals surface area contributed by atoms with Crippen LogP contribution in [0.4, 0.5) is 0 Å². The van der Waals surface area contributed by atoms with E-state index in [0.29, 0.717) is 23.5 Å². The molecule has 0 amide bonds. The summed E-state index contributed by atoms with van der Waals surface area (Å²) in [5.74, 6) is 1.28. The molecule has 0 bridgehead atoms. The standard InChI is InChI=1S/C12H13N3O3/c1-15-12(11(7-16)13-14-15)8-4-9(17-2)6-10(5-8)18-3/h4-7H,1-3H3. The summed E-state index contributed by atoms with van der Waals surface area (Å²) in [5, 5.41) is 7.61. The SMILES string of the molecule is COc1cc(OC)cc(-c2c(C=O)nnn2C)c1. The van der Waals surface area contributed by atoms with Gasteiger partial charge in [0.2, 0.25) is 0 Å². The fourth-order valence-corrected chi connectivity index (χ4v) is 1.73. The molecule has 94 valence electrons. The maximum Gasteiger partial charge on any atom is 0.172 e. The molecule has 0 radical (unpaired) electrons. The molecule has 0 aliphatic rings. The van der Waals surface area contributed by atoms with Crippen LogP contribution in [0.25, 0.3) is 11.3 Å². The van der Waals surface area contributed by atoms with Crippen LogP contribution in [0.2, 0.25) is 0 Å². The zero-order valence-electron chi connectivity index (χ0n) is 10.4. The van der Waals surface area contributed by atoms with E-state index in [4.69, 9.17) is 9.47 Å². The van der Waals surface area contributed by atoms with E-state index < -0.39 is 0 Å². The van der Waals surface area contributed by atoms with Gasteiger partial charge in [0, 0.05) is 18.7 Å². The molecule has 0 unspecified atom stereocenters. The van der Waals surface area contributed by atoms with Gasteiger partial charge in [-0.25, -0.2) is 4.68 Å². The number of methoxy groups -OCH3 is 2. The predicted octanol–water partition coefficient (Wildman–Crippen LogP) is 1.31. The van der Waals surface area contributed by atoms with Crippen LogP contribution < -0.4 is 9.47 Å². The van der Waals surface area contributed by atoms with E-state index in [1.54, 1.807) is 39.5 Å². The zero-order valence-corrected chi connectivity index (χ0v) is 10.4. The topological polar surface area (TPSA) is 66.2 Å². The van der Waals surface area contributed by atoms with Crippen molar-refractivity contribution in [3.63, 3.8) is 0 Å². The first-order chi connectivity index (χ1) is 8.69. The van der Waals surface area contributed by atoms with Gasteiger partial charge in [-0.15, -0.1) is 5.10 Å². The lowest BCUT2D eigenvalue weighted by Gasteiger charge is -2.08. The monoisotopic (exact) mass is 247 g/mol. The number of carbonyl (C=O) groups excluding carboxylic acids is 1. The van der Waals surface area contributed by atoms with Gasteiger partial charge in [0.1, 0.15) is 11.5 Å². The molecular weight excluding hydrogens is 234 g/mol. The number of aromatic nitrogens is 3. The Morgan fingerprint density at radius 2 is 1.78 bits per heavy atom. The summed E-state index contributed by atoms with van der Waals surface area (Å²) >= 11 is 0. The van der Waals surface area contributed by atoms with Crippen LogP contribution in [0.5, 0.6) is 11.5 Å². The second-order valence-corrected chi connectivity index (χ2v) is 3.67. The maximum atomic E-state index is 10.9. The number of rotatable bonds is 4. The van der Waals surface area contributed by atoms with Crippen LogP contribution in [-0.4, -0.2) is 35.5 Å². The van der Waals surface area contributed by atoms with E-state index in [9.17, 15) is 4.79 Å². The molecule has 2 rings (SSSR count). The van der Waals surface area contributed by atoms with Gasteiger partial charge >= 0.3 is 0 Å². The van der Waals surface area contributed by atoms with Gasteiger partial charge in [-0.1, -0.05) is 5.21 Å².